The van der Waals surface area contributed by atoms with E-state index in [4.69, 9.17) is 14.2 Å². The van der Waals surface area contributed by atoms with Gasteiger partial charge in [-0.2, -0.15) is 0 Å². The number of carbonyl (C=O) groups is 1. The van der Waals surface area contributed by atoms with Gasteiger partial charge < -0.3 is 29.5 Å². The lowest BCUT2D eigenvalue weighted by Crippen LogP contribution is -2.42. The lowest BCUT2D eigenvalue weighted by Gasteiger charge is -2.38. The van der Waals surface area contributed by atoms with Gasteiger partial charge in [-0.1, -0.05) is 24.3 Å². The number of fused-ring (bicyclic) bond motifs is 2. The van der Waals surface area contributed by atoms with Gasteiger partial charge in [-0.3, -0.25) is 4.79 Å². The summed E-state index contributed by atoms with van der Waals surface area (Å²) in [6.45, 7) is 2.85. The minimum atomic E-state index is -0.437. The van der Waals surface area contributed by atoms with Gasteiger partial charge in [0.2, 0.25) is 6.79 Å². The summed E-state index contributed by atoms with van der Waals surface area (Å²) in [7, 11) is 0. The van der Waals surface area contributed by atoms with Crippen LogP contribution in [0.3, 0.4) is 0 Å². The van der Waals surface area contributed by atoms with Gasteiger partial charge in [0, 0.05) is 12.2 Å². The van der Waals surface area contributed by atoms with Gasteiger partial charge in [0.15, 0.2) is 23.0 Å². The van der Waals surface area contributed by atoms with E-state index in [1.54, 1.807) is 23.1 Å². The number of phenolic OH excluding ortho intramolecular Hbond substituents is 1. The number of hydrogen-bond donors (Lipinski definition) is 2. The van der Waals surface area contributed by atoms with Gasteiger partial charge in [0.05, 0.1) is 12.2 Å². The Morgan fingerprint density at radius 2 is 1.94 bits per heavy atom. The average Bonchev–Trinajstić information content (AvgIpc) is 3.25. The van der Waals surface area contributed by atoms with Gasteiger partial charge in [-0.25, -0.2) is 0 Å². The van der Waals surface area contributed by atoms with E-state index in [9.17, 15) is 9.90 Å². The number of ether oxygens (including phenoxy) is 3. The molecule has 0 fully saturated rings. The smallest absolute Gasteiger partial charge is 0.258 e. The zero-order chi connectivity index (χ0) is 21.4. The molecule has 0 spiro atoms. The summed E-state index contributed by atoms with van der Waals surface area (Å²) in [5.74, 6) is 1.75. The summed E-state index contributed by atoms with van der Waals surface area (Å²) in [4.78, 5) is 15.2. The van der Waals surface area contributed by atoms with E-state index in [0.717, 1.165) is 16.8 Å². The molecule has 31 heavy (non-hydrogen) atoms. The van der Waals surface area contributed by atoms with Crippen LogP contribution in [0.2, 0.25) is 0 Å². The third kappa shape index (κ3) is 3.48. The second-order valence-corrected chi connectivity index (χ2v) is 7.37. The van der Waals surface area contributed by atoms with E-state index in [0.29, 0.717) is 36.0 Å². The molecule has 3 aromatic carbocycles. The number of phenols is 1. The van der Waals surface area contributed by atoms with Crippen LogP contribution in [-0.4, -0.2) is 29.3 Å². The molecule has 2 aliphatic rings. The van der Waals surface area contributed by atoms with Crippen molar-refractivity contribution in [3.05, 3.63) is 77.4 Å². The molecule has 1 amide bonds. The minimum Gasteiger partial charge on any atom is -0.504 e. The van der Waals surface area contributed by atoms with E-state index < -0.39 is 6.17 Å². The molecule has 0 aliphatic carbocycles. The Balaban J connectivity index is 1.54. The summed E-state index contributed by atoms with van der Waals surface area (Å²) in [6.07, 6.45) is -0.437. The number of nitrogens with one attached hydrogen (secondary N) is 1. The average molecular weight is 418 g/mol. The highest BCUT2D eigenvalue weighted by Gasteiger charge is 2.33. The number of nitrogens with zero attached hydrogens (tertiary/aromatic N) is 1. The lowest BCUT2D eigenvalue weighted by molar-refractivity contribution is 0.0666. The summed E-state index contributed by atoms with van der Waals surface area (Å²) in [5, 5.41) is 13.6. The molecule has 158 valence electrons. The van der Waals surface area contributed by atoms with Gasteiger partial charge in [-0.05, 0) is 54.4 Å². The summed E-state index contributed by atoms with van der Waals surface area (Å²) < 4.78 is 16.4. The molecule has 3 aromatic rings. The fourth-order valence-electron chi connectivity index (χ4n) is 3.93. The fraction of sp³-hybridized carbons (Fsp3) is 0.208. The molecule has 0 saturated heterocycles. The Bertz CT molecular complexity index is 1150. The Labute approximate surface area is 179 Å². The number of benzene rings is 3. The second kappa shape index (κ2) is 7.75. The maximum Gasteiger partial charge on any atom is 0.258 e. The summed E-state index contributed by atoms with van der Waals surface area (Å²) >= 11 is 0. The predicted molar refractivity (Wildman–Crippen MR) is 115 cm³/mol. The predicted octanol–water partition coefficient (Wildman–Crippen LogP) is 4.29. The first kappa shape index (κ1) is 19.1. The van der Waals surface area contributed by atoms with Crippen molar-refractivity contribution in [3.8, 4) is 23.0 Å². The zero-order valence-corrected chi connectivity index (χ0v) is 17.0. The van der Waals surface area contributed by atoms with E-state index in [1.165, 1.54) is 0 Å². The number of amides is 1. The van der Waals surface area contributed by atoms with E-state index >= 15 is 0 Å². The molecular formula is C24H22N2O5. The quantitative estimate of drug-likeness (QED) is 0.644. The molecule has 0 saturated carbocycles. The van der Waals surface area contributed by atoms with Crippen molar-refractivity contribution in [3.63, 3.8) is 0 Å². The number of aromatic hydroxyl groups is 1. The summed E-state index contributed by atoms with van der Waals surface area (Å²) in [6, 6.07) is 18.3. The SMILES string of the molecule is CCOc1cc([C@@H]2Nc3ccccc3C(=O)N2Cc2ccc3c(c2)OCO3)ccc1O. The fourth-order valence-corrected chi connectivity index (χ4v) is 3.93. The van der Waals surface area contributed by atoms with Crippen LogP contribution in [0.5, 0.6) is 23.0 Å². The summed E-state index contributed by atoms with van der Waals surface area (Å²) in [5.41, 5.74) is 3.12. The highest BCUT2D eigenvalue weighted by molar-refractivity contribution is 6.01. The molecule has 0 aromatic heterocycles. The highest BCUT2D eigenvalue weighted by Crippen LogP contribution is 2.38. The lowest BCUT2D eigenvalue weighted by atomic mass is 10.0. The van der Waals surface area contributed by atoms with Crippen molar-refractivity contribution >= 4 is 11.6 Å². The zero-order valence-electron chi connectivity index (χ0n) is 17.0. The van der Waals surface area contributed by atoms with Crippen LogP contribution in [-0.2, 0) is 6.54 Å². The molecular weight excluding hydrogens is 396 g/mol. The van der Waals surface area contributed by atoms with Crippen molar-refractivity contribution in [2.24, 2.45) is 0 Å². The maximum atomic E-state index is 13.5. The number of para-hydroxylation sites is 1. The molecule has 2 aliphatic heterocycles. The molecule has 1 atom stereocenters. The molecule has 7 nitrogen and oxygen atoms in total. The number of rotatable bonds is 5. The number of hydrogen-bond acceptors (Lipinski definition) is 6. The largest absolute Gasteiger partial charge is 0.504 e. The minimum absolute atomic E-state index is 0.0652. The highest BCUT2D eigenvalue weighted by atomic mass is 16.7. The molecule has 5 rings (SSSR count). The molecule has 0 bridgehead atoms. The van der Waals surface area contributed by atoms with Crippen LogP contribution in [0, 0.1) is 0 Å². The number of carbonyl (C=O) groups excluding carboxylic acids is 1. The molecule has 0 unspecified atom stereocenters. The van der Waals surface area contributed by atoms with Crippen LogP contribution in [0.1, 0.15) is 34.6 Å². The maximum absolute atomic E-state index is 13.5. The van der Waals surface area contributed by atoms with Crippen LogP contribution in [0.25, 0.3) is 0 Å². The Hall–Kier alpha value is -3.87. The van der Waals surface area contributed by atoms with Crippen molar-refractivity contribution in [1.82, 2.24) is 4.90 Å². The van der Waals surface area contributed by atoms with Crippen LogP contribution in [0.4, 0.5) is 5.69 Å². The van der Waals surface area contributed by atoms with Crippen LogP contribution in [0.15, 0.2) is 60.7 Å². The Kier molecular flexibility index (Phi) is 4.78. The third-order valence-electron chi connectivity index (χ3n) is 5.41. The first-order valence-electron chi connectivity index (χ1n) is 10.1. The van der Waals surface area contributed by atoms with Crippen molar-refractivity contribution < 1.29 is 24.1 Å². The van der Waals surface area contributed by atoms with Crippen molar-refractivity contribution in [2.45, 2.75) is 19.6 Å². The molecule has 7 heteroatoms. The second-order valence-electron chi connectivity index (χ2n) is 7.37. The monoisotopic (exact) mass is 418 g/mol. The first-order chi connectivity index (χ1) is 15.1. The molecule has 2 heterocycles. The van der Waals surface area contributed by atoms with Gasteiger partial charge in [-0.15, -0.1) is 0 Å². The third-order valence-corrected chi connectivity index (χ3v) is 5.41. The first-order valence-corrected chi connectivity index (χ1v) is 10.1. The van der Waals surface area contributed by atoms with Gasteiger partial charge in [0.1, 0.15) is 6.17 Å². The topological polar surface area (TPSA) is 80.3 Å². The van der Waals surface area contributed by atoms with E-state index in [1.807, 2.05) is 49.4 Å². The van der Waals surface area contributed by atoms with Gasteiger partial charge in [0.25, 0.3) is 5.91 Å². The molecule has 2 N–H and O–H groups in total. The van der Waals surface area contributed by atoms with Crippen LogP contribution >= 0.6 is 0 Å². The standard InChI is InChI=1S/C24H22N2O5/c1-2-29-21-12-16(8-9-19(21)27)23-25-18-6-4-3-5-17(18)24(28)26(23)13-15-7-10-20-22(11-15)31-14-30-20/h3-12,23,25,27H,2,13-14H2,1H3/t23-/m1/s1. The van der Waals surface area contributed by atoms with Crippen LogP contribution < -0.4 is 19.5 Å². The van der Waals surface area contributed by atoms with E-state index in [2.05, 4.69) is 5.32 Å². The number of anilines is 1. The normalized spacial score (nSPS) is 16.6. The Morgan fingerprint density at radius 3 is 2.81 bits per heavy atom. The van der Waals surface area contributed by atoms with Gasteiger partial charge >= 0.3 is 0 Å². The Morgan fingerprint density at radius 1 is 1.10 bits per heavy atom. The van der Waals surface area contributed by atoms with E-state index in [-0.39, 0.29) is 18.4 Å². The van der Waals surface area contributed by atoms with Crippen molar-refractivity contribution in [2.75, 3.05) is 18.7 Å². The van der Waals surface area contributed by atoms with Crippen molar-refractivity contribution in [1.29, 1.82) is 0 Å². The molecule has 0 radical (unpaired) electrons.